The highest BCUT2D eigenvalue weighted by molar-refractivity contribution is 5.30. The number of hydrogen-bond acceptors (Lipinski definition) is 2. The minimum atomic E-state index is 0.0598. The van der Waals surface area contributed by atoms with E-state index in [4.69, 9.17) is 10.5 Å². The van der Waals surface area contributed by atoms with Crippen LogP contribution in [0.15, 0.2) is 24.3 Å². The summed E-state index contributed by atoms with van der Waals surface area (Å²) in [5.41, 5.74) is 8.63. The molecule has 0 aromatic heterocycles. The number of aryl methyl sites for hydroxylation is 1. The molecule has 0 bridgehead atoms. The first kappa shape index (κ1) is 10.7. The summed E-state index contributed by atoms with van der Waals surface area (Å²) in [4.78, 5) is 0. The summed E-state index contributed by atoms with van der Waals surface area (Å²) >= 11 is 0. The maximum atomic E-state index is 5.94. The summed E-state index contributed by atoms with van der Waals surface area (Å²) in [7, 11) is 0. The maximum Gasteiger partial charge on any atom is 0.0575 e. The molecule has 1 unspecified atom stereocenters. The van der Waals surface area contributed by atoms with E-state index in [1.165, 1.54) is 11.1 Å². The lowest BCUT2D eigenvalue weighted by molar-refractivity contribution is 0.0377. The molecule has 2 nitrogen and oxygen atoms in total. The van der Waals surface area contributed by atoms with Gasteiger partial charge in [0.05, 0.1) is 6.61 Å². The highest BCUT2D eigenvalue weighted by atomic mass is 16.5. The van der Waals surface area contributed by atoms with Gasteiger partial charge in [0, 0.05) is 18.6 Å². The number of hydrogen-bond donors (Lipinski definition) is 1. The monoisotopic (exact) mass is 205 g/mol. The van der Waals surface area contributed by atoms with Gasteiger partial charge in [0.1, 0.15) is 0 Å². The molecule has 1 aromatic carbocycles. The van der Waals surface area contributed by atoms with Crippen LogP contribution in [0.1, 0.15) is 24.0 Å². The van der Waals surface area contributed by atoms with Gasteiger partial charge in [0.2, 0.25) is 0 Å². The molecule has 1 atom stereocenters. The van der Waals surface area contributed by atoms with Crippen molar-refractivity contribution in [3.05, 3.63) is 35.4 Å². The third-order valence-corrected chi connectivity index (χ3v) is 3.34. The van der Waals surface area contributed by atoms with Crippen molar-refractivity contribution in [2.75, 3.05) is 19.8 Å². The number of ether oxygens (including phenoxy) is 1. The zero-order valence-corrected chi connectivity index (χ0v) is 9.33. The van der Waals surface area contributed by atoms with Gasteiger partial charge in [-0.3, -0.25) is 0 Å². The van der Waals surface area contributed by atoms with Crippen LogP contribution in [0.4, 0.5) is 0 Å². The van der Waals surface area contributed by atoms with Crippen molar-refractivity contribution < 1.29 is 4.74 Å². The molecule has 1 aliphatic heterocycles. The predicted octanol–water partition coefficient (Wildman–Crippen LogP) is 2.00. The SMILES string of the molecule is Cc1cccc(C2(CN)CCCOC2)c1. The molecule has 0 saturated carbocycles. The summed E-state index contributed by atoms with van der Waals surface area (Å²) in [5.74, 6) is 0. The molecule has 82 valence electrons. The fraction of sp³-hybridized carbons (Fsp3) is 0.538. The molecule has 0 radical (unpaired) electrons. The second-order valence-electron chi connectivity index (χ2n) is 4.51. The van der Waals surface area contributed by atoms with E-state index in [0.717, 1.165) is 26.1 Å². The molecular weight excluding hydrogens is 186 g/mol. The van der Waals surface area contributed by atoms with E-state index >= 15 is 0 Å². The van der Waals surface area contributed by atoms with E-state index < -0.39 is 0 Å². The highest BCUT2D eigenvalue weighted by Gasteiger charge is 2.33. The van der Waals surface area contributed by atoms with Gasteiger partial charge in [0.15, 0.2) is 0 Å². The van der Waals surface area contributed by atoms with Gasteiger partial charge in [-0.05, 0) is 25.3 Å². The van der Waals surface area contributed by atoms with Gasteiger partial charge in [0.25, 0.3) is 0 Å². The Balaban J connectivity index is 2.32. The molecule has 2 N–H and O–H groups in total. The molecular formula is C13H19NO. The van der Waals surface area contributed by atoms with Crippen molar-refractivity contribution in [3.63, 3.8) is 0 Å². The van der Waals surface area contributed by atoms with E-state index in [2.05, 4.69) is 31.2 Å². The van der Waals surface area contributed by atoms with Crippen LogP contribution in [-0.4, -0.2) is 19.8 Å². The van der Waals surface area contributed by atoms with Crippen LogP contribution >= 0.6 is 0 Å². The van der Waals surface area contributed by atoms with Crippen LogP contribution in [0.5, 0.6) is 0 Å². The van der Waals surface area contributed by atoms with Gasteiger partial charge in [-0.15, -0.1) is 0 Å². The average Bonchev–Trinajstić information content (AvgIpc) is 2.30. The quantitative estimate of drug-likeness (QED) is 0.801. The molecule has 15 heavy (non-hydrogen) atoms. The van der Waals surface area contributed by atoms with Crippen molar-refractivity contribution in [2.24, 2.45) is 5.73 Å². The summed E-state index contributed by atoms with van der Waals surface area (Å²) in [6.07, 6.45) is 2.26. The number of nitrogens with two attached hydrogens (primary N) is 1. The molecule has 1 aliphatic rings. The van der Waals surface area contributed by atoms with Gasteiger partial charge in [-0.25, -0.2) is 0 Å². The van der Waals surface area contributed by atoms with E-state index in [1.54, 1.807) is 0 Å². The fourth-order valence-corrected chi connectivity index (χ4v) is 2.33. The minimum absolute atomic E-state index is 0.0598. The summed E-state index contributed by atoms with van der Waals surface area (Å²) in [6, 6.07) is 8.64. The Bertz CT molecular complexity index is 329. The van der Waals surface area contributed by atoms with Gasteiger partial charge < -0.3 is 10.5 Å². The lowest BCUT2D eigenvalue weighted by atomic mass is 9.76. The second-order valence-corrected chi connectivity index (χ2v) is 4.51. The van der Waals surface area contributed by atoms with Crippen molar-refractivity contribution in [3.8, 4) is 0 Å². The molecule has 0 spiro atoms. The Hall–Kier alpha value is -0.860. The average molecular weight is 205 g/mol. The fourth-order valence-electron chi connectivity index (χ4n) is 2.33. The van der Waals surface area contributed by atoms with Gasteiger partial charge in [-0.2, -0.15) is 0 Å². The van der Waals surface area contributed by atoms with E-state index in [9.17, 15) is 0 Å². The normalized spacial score (nSPS) is 26.5. The van der Waals surface area contributed by atoms with Crippen molar-refractivity contribution in [1.82, 2.24) is 0 Å². The van der Waals surface area contributed by atoms with Crippen LogP contribution in [0, 0.1) is 6.92 Å². The zero-order chi connectivity index (χ0) is 10.7. The lowest BCUT2D eigenvalue weighted by Crippen LogP contribution is -2.42. The lowest BCUT2D eigenvalue weighted by Gasteiger charge is -2.36. The topological polar surface area (TPSA) is 35.2 Å². The molecule has 0 aliphatic carbocycles. The number of rotatable bonds is 2. The Morgan fingerprint density at radius 1 is 1.47 bits per heavy atom. The van der Waals surface area contributed by atoms with E-state index in [-0.39, 0.29) is 5.41 Å². The summed E-state index contributed by atoms with van der Waals surface area (Å²) in [6.45, 7) is 4.45. The van der Waals surface area contributed by atoms with Gasteiger partial charge >= 0.3 is 0 Å². The summed E-state index contributed by atoms with van der Waals surface area (Å²) in [5, 5.41) is 0. The maximum absolute atomic E-state index is 5.94. The Labute approximate surface area is 91.4 Å². The Morgan fingerprint density at radius 2 is 2.33 bits per heavy atom. The van der Waals surface area contributed by atoms with Gasteiger partial charge in [-0.1, -0.05) is 29.8 Å². The van der Waals surface area contributed by atoms with Crippen molar-refractivity contribution in [1.29, 1.82) is 0 Å². The molecule has 1 heterocycles. The molecule has 1 saturated heterocycles. The van der Waals surface area contributed by atoms with Crippen LogP contribution in [0.2, 0.25) is 0 Å². The van der Waals surface area contributed by atoms with E-state index in [0.29, 0.717) is 6.54 Å². The second kappa shape index (κ2) is 4.33. The highest BCUT2D eigenvalue weighted by Crippen LogP contribution is 2.32. The molecule has 0 amide bonds. The standard InChI is InChI=1S/C13H19NO/c1-11-4-2-5-12(8-11)13(9-14)6-3-7-15-10-13/h2,4-5,8H,3,6-7,9-10,14H2,1H3. The first-order chi connectivity index (χ1) is 7.27. The third-order valence-electron chi connectivity index (χ3n) is 3.34. The first-order valence-corrected chi connectivity index (χ1v) is 5.62. The molecule has 1 aromatic rings. The summed E-state index contributed by atoms with van der Waals surface area (Å²) < 4.78 is 5.59. The molecule has 1 fully saturated rings. The van der Waals surface area contributed by atoms with Crippen LogP contribution in [0.3, 0.4) is 0 Å². The molecule has 2 heteroatoms. The van der Waals surface area contributed by atoms with Crippen LogP contribution in [0.25, 0.3) is 0 Å². The van der Waals surface area contributed by atoms with Crippen molar-refractivity contribution >= 4 is 0 Å². The zero-order valence-electron chi connectivity index (χ0n) is 9.33. The first-order valence-electron chi connectivity index (χ1n) is 5.62. The molecule has 2 rings (SSSR count). The Kier molecular flexibility index (Phi) is 3.08. The number of benzene rings is 1. The largest absolute Gasteiger partial charge is 0.380 e. The predicted molar refractivity (Wildman–Crippen MR) is 62.0 cm³/mol. The van der Waals surface area contributed by atoms with Crippen LogP contribution < -0.4 is 5.73 Å². The third kappa shape index (κ3) is 2.06. The smallest absolute Gasteiger partial charge is 0.0575 e. The van der Waals surface area contributed by atoms with Crippen LogP contribution in [-0.2, 0) is 10.2 Å². The minimum Gasteiger partial charge on any atom is -0.380 e. The van der Waals surface area contributed by atoms with Crippen molar-refractivity contribution in [2.45, 2.75) is 25.2 Å². The van der Waals surface area contributed by atoms with E-state index in [1.807, 2.05) is 0 Å². The Morgan fingerprint density at radius 3 is 2.93 bits per heavy atom.